The van der Waals surface area contributed by atoms with Crippen LogP contribution in [0.15, 0.2) is 20.9 Å². The van der Waals surface area contributed by atoms with Crippen LogP contribution in [0.3, 0.4) is 0 Å². The van der Waals surface area contributed by atoms with Gasteiger partial charge in [0.05, 0.1) is 15.9 Å². The first-order valence-electron chi connectivity index (χ1n) is 5.05. The number of carbonyl (C=O) groups is 1. The Kier molecular flexibility index (Phi) is 4.89. The number of rotatable bonds is 5. The van der Waals surface area contributed by atoms with Crippen LogP contribution in [0, 0.1) is 11.6 Å². The monoisotopic (exact) mass is 381 g/mol. The average molecular weight is 382 g/mol. The summed E-state index contributed by atoms with van der Waals surface area (Å²) in [5.74, 6) is -2.37. The molecule has 2 aromatic rings. The highest BCUT2D eigenvalue weighted by atomic mass is 79.9. The van der Waals surface area contributed by atoms with Gasteiger partial charge in [0.15, 0.2) is 4.34 Å². The van der Waals surface area contributed by atoms with E-state index in [1.807, 2.05) is 0 Å². The molecule has 0 fully saturated rings. The lowest BCUT2D eigenvalue weighted by molar-refractivity contribution is -0.133. The van der Waals surface area contributed by atoms with E-state index in [0.29, 0.717) is 4.34 Å². The molecule has 10 heteroatoms. The number of aromatic nitrogens is 2. The summed E-state index contributed by atoms with van der Waals surface area (Å²) in [4.78, 5) is 10.4. The summed E-state index contributed by atoms with van der Waals surface area (Å²) in [5, 5.41) is 18.8. The van der Waals surface area contributed by atoms with Crippen molar-refractivity contribution in [2.45, 2.75) is 4.34 Å². The number of thioether (sulfide) groups is 1. The quantitative estimate of drug-likeness (QED) is 0.609. The molecular weight excluding hydrogens is 376 g/mol. The van der Waals surface area contributed by atoms with Crippen LogP contribution in [-0.4, -0.2) is 27.0 Å². The third kappa shape index (κ3) is 3.87. The Bertz CT molecular complexity index is 653. The molecule has 1 aromatic carbocycles. The van der Waals surface area contributed by atoms with Crippen LogP contribution in [0.4, 0.5) is 19.6 Å². The molecule has 1 aromatic heterocycles. The van der Waals surface area contributed by atoms with Crippen molar-refractivity contribution in [1.29, 1.82) is 0 Å². The molecule has 0 saturated heterocycles. The van der Waals surface area contributed by atoms with Gasteiger partial charge in [0, 0.05) is 6.07 Å². The second-order valence-electron chi connectivity index (χ2n) is 3.43. The molecule has 0 atom stereocenters. The number of carboxylic acids is 1. The summed E-state index contributed by atoms with van der Waals surface area (Å²) >= 11 is 4.93. The number of carboxylic acid groups (broad SMARTS) is 1. The SMILES string of the molecule is O=C(O)CSc1nnc(Nc2cc(F)c(Br)cc2F)s1. The lowest BCUT2D eigenvalue weighted by atomic mass is 10.3. The average Bonchev–Trinajstić information content (AvgIpc) is 2.81. The van der Waals surface area contributed by atoms with E-state index < -0.39 is 17.6 Å². The van der Waals surface area contributed by atoms with Crippen molar-refractivity contribution in [2.75, 3.05) is 11.1 Å². The number of nitrogens with one attached hydrogen (secondary N) is 1. The second kappa shape index (κ2) is 6.46. The Morgan fingerprint density at radius 2 is 2.15 bits per heavy atom. The summed E-state index contributed by atoms with van der Waals surface area (Å²) in [6, 6.07) is 1.99. The summed E-state index contributed by atoms with van der Waals surface area (Å²) in [7, 11) is 0. The van der Waals surface area contributed by atoms with Crippen LogP contribution >= 0.6 is 39.0 Å². The van der Waals surface area contributed by atoms with Gasteiger partial charge in [-0.25, -0.2) is 8.78 Å². The van der Waals surface area contributed by atoms with E-state index >= 15 is 0 Å². The number of benzene rings is 1. The third-order valence-corrected chi connectivity index (χ3v) is 4.54. The Hall–Kier alpha value is -1.26. The number of halogens is 3. The van der Waals surface area contributed by atoms with Gasteiger partial charge in [-0.3, -0.25) is 4.79 Å². The van der Waals surface area contributed by atoms with E-state index in [9.17, 15) is 13.6 Å². The van der Waals surface area contributed by atoms with E-state index in [2.05, 4.69) is 31.4 Å². The van der Waals surface area contributed by atoms with Crippen LogP contribution in [0.5, 0.6) is 0 Å². The summed E-state index contributed by atoms with van der Waals surface area (Å²) in [6.07, 6.45) is 0. The Morgan fingerprint density at radius 1 is 1.40 bits per heavy atom. The largest absolute Gasteiger partial charge is 0.481 e. The third-order valence-electron chi connectivity index (χ3n) is 1.98. The highest BCUT2D eigenvalue weighted by Crippen LogP contribution is 2.30. The van der Waals surface area contributed by atoms with E-state index in [-0.39, 0.29) is 21.0 Å². The van der Waals surface area contributed by atoms with Crippen LogP contribution < -0.4 is 5.32 Å². The summed E-state index contributed by atoms with van der Waals surface area (Å²) in [6.45, 7) is 0. The molecule has 20 heavy (non-hydrogen) atoms. The van der Waals surface area contributed by atoms with Crippen molar-refractivity contribution in [1.82, 2.24) is 10.2 Å². The molecule has 106 valence electrons. The Balaban J connectivity index is 2.10. The minimum absolute atomic E-state index is 0.0236. The van der Waals surface area contributed by atoms with Gasteiger partial charge < -0.3 is 10.4 Å². The number of aliphatic carboxylic acids is 1. The molecule has 0 bridgehead atoms. The topological polar surface area (TPSA) is 75.1 Å². The highest BCUT2D eigenvalue weighted by Gasteiger charge is 2.12. The van der Waals surface area contributed by atoms with Gasteiger partial charge >= 0.3 is 5.97 Å². The zero-order valence-electron chi connectivity index (χ0n) is 9.56. The molecule has 2 N–H and O–H groups in total. The van der Waals surface area contributed by atoms with Gasteiger partial charge in [-0.05, 0) is 22.0 Å². The molecule has 0 amide bonds. The van der Waals surface area contributed by atoms with Crippen LogP contribution in [-0.2, 0) is 4.79 Å². The molecule has 0 aliphatic rings. The summed E-state index contributed by atoms with van der Waals surface area (Å²) in [5.41, 5.74) is -0.0726. The maximum atomic E-state index is 13.6. The minimum Gasteiger partial charge on any atom is -0.481 e. The standard InChI is InChI=1S/C10H6BrF2N3O2S2/c11-4-1-6(13)7(2-5(4)12)14-9-15-16-10(20-9)19-3-8(17)18/h1-2H,3H2,(H,14,15)(H,17,18). The summed E-state index contributed by atoms with van der Waals surface area (Å²) < 4.78 is 27.4. The van der Waals surface area contributed by atoms with E-state index in [1.54, 1.807) is 0 Å². The van der Waals surface area contributed by atoms with E-state index in [0.717, 1.165) is 35.2 Å². The van der Waals surface area contributed by atoms with Gasteiger partial charge in [0.2, 0.25) is 5.13 Å². The van der Waals surface area contributed by atoms with Crippen molar-refractivity contribution in [3.8, 4) is 0 Å². The molecule has 2 rings (SSSR count). The predicted molar refractivity (Wildman–Crippen MR) is 75.6 cm³/mol. The van der Waals surface area contributed by atoms with Crippen LogP contribution in [0.25, 0.3) is 0 Å². The lowest BCUT2D eigenvalue weighted by Gasteiger charge is -2.04. The fraction of sp³-hybridized carbons (Fsp3) is 0.100. The molecule has 0 saturated carbocycles. The lowest BCUT2D eigenvalue weighted by Crippen LogP contribution is -1.96. The normalized spacial score (nSPS) is 10.6. The molecule has 1 heterocycles. The highest BCUT2D eigenvalue weighted by molar-refractivity contribution is 9.10. The van der Waals surface area contributed by atoms with Crippen molar-refractivity contribution in [3.63, 3.8) is 0 Å². The van der Waals surface area contributed by atoms with Crippen molar-refractivity contribution < 1.29 is 18.7 Å². The van der Waals surface area contributed by atoms with Crippen LogP contribution in [0.2, 0.25) is 0 Å². The zero-order valence-corrected chi connectivity index (χ0v) is 12.8. The van der Waals surface area contributed by atoms with Gasteiger partial charge in [0.25, 0.3) is 0 Å². The van der Waals surface area contributed by atoms with Crippen molar-refractivity contribution in [2.24, 2.45) is 0 Å². The molecule has 0 radical (unpaired) electrons. The predicted octanol–water partition coefficient (Wildman–Crippen LogP) is 3.50. The Labute approximate surface area is 128 Å². The zero-order chi connectivity index (χ0) is 14.7. The first-order valence-corrected chi connectivity index (χ1v) is 7.65. The minimum atomic E-state index is -0.972. The fourth-order valence-electron chi connectivity index (χ4n) is 1.18. The van der Waals surface area contributed by atoms with Gasteiger partial charge in [-0.2, -0.15) is 0 Å². The van der Waals surface area contributed by atoms with Gasteiger partial charge in [0.1, 0.15) is 11.6 Å². The van der Waals surface area contributed by atoms with Gasteiger partial charge in [-0.1, -0.05) is 23.1 Å². The molecule has 0 aliphatic heterocycles. The first-order chi connectivity index (χ1) is 9.45. The van der Waals surface area contributed by atoms with E-state index in [1.165, 1.54) is 0 Å². The van der Waals surface area contributed by atoms with Crippen molar-refractivity contribution >= 4 is 55.8 Å². The molecular formula is C10H6BrF2N3O2S2. The molecule has 5 nitrogen and oxygen atoms in total. The number of hydrogen-bond donors (Lipinski definition) is 2. The van der Waals surface area contributed by atoms with E-state index in [4.69, 9.17) is 5.11 Å². The fourth-order valence-corrected chi connectivity index (χ4v) is 2.98. The number of hydrogen-bond acceptors (Lipinski definition) is 6. The molecule has 0 spiro atoms. The smallest absolute Gasteiger partial charge is 0.313 e. The van der Waals surface area contributed by atoms with Crippen molar-refractivity contribution in [3.05, 3.63) is 28.2 Å². The maximum Gasteiger partial charge on any atom is 0.313 e. The first kappa shape index (κ1) is 15.1. The molecule has 0 aliphatic carbocycles. The number of anilines is 2. The number of nitrogens with zero attached hydrogens (tertiary/aromatic N) is 2. The maximum absolute atomic E-state index is 13.6. The molecule has 0 unspecified atom stereocenters. The van der Waals surface area contributed by atoms with Crippen LogP contribution in [0.1, 0.15) is 0 Å². The van der Waals surface area contributed by atoms with Gasteiger partial charge in [-0.15, -0.1) is 10.2 Å². The Morgan fingerprint density at radius 3 is 2.85 bits per heavy atom. The second-order valence-corrected chi connectivity index (χ2v) is 6.48.